The Morgan fingerprint density at radius 1 is 1.29 bits per heavy atom. The second-order valence-corrected chi connectivity index (χ2v) is 8.22. The molecule has 1 unspecified atom stereocenters. The lowest BCUT2D eigenvalue weighted by Crippen LogP contribution is -2.50. The average Bonchev–Trinajstić information content (AvgIpc) is 2.45. The zero-order valence-electron chi connectivity index (χ0n) is 14.0. The van der Waals surface area contributed by atoms with Crippen molar-refractivity contribution in [3.8, 4) is 0 Å². The van der Waals surface area contributed by atoms with Crippen molar-refractivity contribution in [2.24, 2.45) is 5.92 Å². The molecule has 1 aliphatic rings. The van der Waals surface area contributed by atoms with E-state index in [-0.39, 0.29) is 6.04 Å². The molecule has 0 bridgehead atoms. The largest absolute Gasteiger partial charge is 0.383 e. The van der Waals surface area contributed by atoms with E-state index in [2.05, 4.69) is 19.2 Å². The molecule has 0 aromatic heterocycles. The first kappa shape index (κ1) is 18.8. The molecule has 21 heavy (non-hydrogen) atoms. The molecule has 1 rings (SSSR count). The summed E-state index contributed by atoms with van der Waals surface area (Å²) >= 11 is 0. The molecule has 1 saturated heterocycles. The summed E-state index contributed by atoms with van der Waals surface area (Å²) in [6.07, 6.45) is 1.84. The van der Waals surface area contributed by atoms with Crippen LogP contribution in [0.5, 0.6) is 0 Å². The number of methoxy groups -OCH3 is 1. The molecule has 0 aromatic rings. The van der Waals surface area contributed by atoms with Crippen LogP contribution in [0.3, 0.4) is 0 Å². The lowest BCUT2D eigenvalue weighted by atomic mass is 9.98. The van der Waals surface area contributed by atoms with Crippen LogP contribution < -0.4 is 5.32 Å². The van der Waals surface area contributed by atoms with Crippen LogP contribution in [0.25, 0.3) is 0 Å². The molecule has 7 heteroatoms. The third-order valence-electron chi connectivity index (χ3n) is 4.11. The molecule has 1 atom stereocenters. The zero-order chi connectivity index (χ0) is 16.0. The van der Waals surface area contributed by atoms with Gasteiger partial charge in [0.15, 0.2) is 0 Å². The van der Waals surface area contributed by atoms with Crippen molar-refractivity contribution in [3.05, 3.63) is 0 Å². The highest BCUT2D eigenvalue weighted by molar-refractivity contribution is 7.86. The Morgan fingerprint density at radius 2 is 1.86 bits per heavy atom. The molecular formula is C14H31N3O3S. The molecule has 0 saturated carbocycles. The maximum absolute atomic E-state index is 12.6. The minimum atomic E-state index is -3.37. The highest BCUT2D eigenvalue weighted by atomic mass is 32.2. The van der Waals surface area contributed by atoms with Crippen molar-refractivity contribution in [2.45, 2.75) is 45.7 Å². The summed E-state index contributed by atoms with van der Waals surface area (Å²) in [5.74, 6) is 0.570. The molecule has 0 spiro atoms. The van der Waals surface area contributed by atoms with Gasteiger partial charge in [-0.1, -0.05) is 13.8 Å². The van der Waals surface area contributed by atoms with Gasteiger partial charge >= 0.3 is 0 Å². The first-order chi connectivity index (χ1) is 9.78. The van der Waals surface area contributed by atoms with Crippen LogP contribution in [-0.4, -0.2) is 69.5 Å². The smallest absolute Gasteiger partial charge is 0.282 e. The number of likely N-dealkylation sites (N-methyl/N-ethyl adjacent to an activating group) is 1. The Labute approximate surface area is 130 Å². The fourth-order valence-corrected chi connectivity index (χ4v) is 4.05. The quantitative estimate of drug-likeness (QED) is 0.722. The molecule has 0 aliphatic carbocycles. The molecule has 1 fully saturated rings. The average molecular weight is 321 g/mol. The number of ether oxygens (including phenoxy) is 1. The second-order valence-electron chi connectivity index (χ2n) is 6.23. The number of nitrogens with zero attached hydrogens (tertiary/aromatic N) is 2. The van der Waals surface area contributed by atoms with Crippen LogP contribution in [0.4, 0.5) is 0 Å². The van der Waals surface area contributed by atoms with Crippen molar-refractivity contribution in [2.75, 3.05) is 40.4 Å². The predicted octanol–water partition coefficient (Wildman–Crippen LogP) is 0.908. The van der Waals surface area contributed by atoms with Crippen molar-refractivity contribution in [3.63, 3.8) is 0 Å². The van der Waals surface area contributed by atoms with Gasteiger partial charge in [-0.3, -0.25) is 0 Å². The molecule has 1 N–H and O–H groups in total. The van der Waals surface area contributed by atoms with Crippen LogP contribution >= 0.6 is 0 Å². The predicted molar refractivity (Wildman–Crippen MR) is 85.5 cm³/mol. The van der Waals surface area contributed by atoms with Gasteiger partial charge in [-0.05, 0) is 32.2 Å². The van der Waals surface area contributed by atoms with E-state index in [0.29, 0.717) is 31.7 Å². The number of rotatable bonds is 8. The van der Waals surface area contributed by atoms with E-state index in [1.807, 2.05) is 6.92 Å². The third kappa shape index (κ3) is 5.49. The summed E-state index contributed by atoms with van der Waals surface area (Å²) in [5, 5.41) is 3.43. The highest BCUT2D eigenvalue weighted by Crippen LogP contribution is 2.21. The monoisotopic (exact) mass is 321 g/mol. The maximum Gasteiger partial charge on any atom is 0.282 e. The molecular weight excluding hydrogens is 290 g/mol. The van der Waals surface area contributed by atoms with Gasteiger partial charge in [-0.25, -0.2) is 0 Å². The Morgan fingerprint density at radius 3 is 2.33 bits per heavy atom. The summed E-state index contributed by atoms with van der Waals surface area (Å²) in [4.78, 5) is 0. The Kier molecular flexibility index (Phi) is 7.56. The van der Waals surface area contributed by atoms with E-state index < -0.39 is 10.2 Å². The summed E-state index contributed by atoms with van der Waals surface area (Å²) in [6, 6.07) is 0.327. The standard InChI is InChI=1S/C14H31N3O3S/c1-12(2)15-10-14-6-8-17(9-7-14)21(18,19)16(4)13(3)11-20-5/h12-15H,6-11H2,1-5H3. The lowest BCUT2D eigenvalue weighted by Gasteiger charge is -2.35. The SMILES string of the molecule is COCC(C)N(C)S(=O)(=O)N1CCC(CNC(C)C)CC1. The van der Waals surface area contributed by atoms with E-state index in [1.165, 1.54) is 4.31 Å². The maximum atomic E-state index is 12.6. The first-order valence-electron chi connectivity index (χ1n) is 7.74. The highest BCUT2D eigenvalue weighted by Gasteiger charge is 2.33. The van der Waals surface area contributed by atoms with E-state index in [1.54, 1.807) is 18.5 Å². The zero-order valence-corrected chi connectivity index (χ0v) is 14.8. The first-order valence-corrected chi connectivity index (χ1v) is 9.14. The number of hydrogen-bond acceptors (Lipinski definition) is 4. The Bertz CT molecular complexity index is 392. The van der Waals surface area contributed by atoms with Gasteiger partial charge < -0.3 is 10.1 Å². The molecule has 126 valence electrons. The molecule has 0 aromatic carbocycles. The van der Waals surface area contributed by atoms with Gasteiger partial charge in [-0.15, -0.1) is 0 Å². The van der Waals surface area contributed by atoms with Crippen LogP contribution in [0, 0.1) is 5.92 Å². The van der Waals surface area contributed by atoms with E-state index in [4.69, 9.17) is 4.74 Å². The lowest BCUT2D eigenvalue weighted by molar-refractivity contribution is 0.144. The van der Waals surface area contributed by atoms with Crippen LogP contribution in [0.15, 0.2) is 0 Å². The fourth-order valence-electron chi connectivity index (χ4n) is 2.50. The Hall–Kier alpha value is -0.210. The van der Waals surface area contributed by atoms with Gasteiger partial charge in [0, 0.05) is 39.3 Å². The topological polar surface area (TPSA) is 61.9 Å². The van der Waals surface area contributed by atoms with Crippen molar-refractivity contribution >= 4 is 10.2 Å². The molecule has 1 heterocycles. The van der Waals surface area contributed by atoms with Crippen molar-refractivity contribution in [1.29, 1.82) is 0 Å². The number of nitrogens with one attached hydrogen (secondary N) is 1. The molecule has 6 nitrogen and oxygen atoms in total. The summed E-state index contributed by atoms with van der Waals surface area (Å²) < 4.78 is 33.2. The van der Waals surface area contributed by atoms with E-state index in [0.717, 1.165) is 19.4 Å². The van der Waals surface area contributed by atoms with Crippen molar-refractivity contribution in [1.82, 2.24) is 13.9 Å². The minimum Gasteiger partial charge on any atom is -0.383 e. The second kappa shape index (κ2) is 8.43. The van der Waals surface area contributed by atoms with Gasteiger partial charge in [0.25, 0.3) is 10.2 Å². The minimum absolute atomic E-state index is 0.152. The number of piperidine rings is 1. The van der Waals surface area contributed by atoms with Crippen LogP contribution in [0.1, 0.15) is 33.6 Å². The number of hydrogen-bond donors (Lipinski definition) is 1. The normalized spacial score (nSPS) is 20.3. The fraction of sp³-hybridized carbons (Fsp3) is 1.00. The summed E-state index contributed by atoms with van der Waals surface area (Å²) in [7, 11) is -0.154. The van der Waals surface area contributed by atoms with Gasteiger partial charge in [0.2, 0.25) is 0 Å². The van der Waals surface area contributed by atoms with Crippen LogP contribution in [0.2, 0.25) is 0 Å². The third-order valence-corrected chi connectivity index (χ3v) is 6.21. The molecule has 0 amide bonds. The summed E-state index contributed by atoms with van der Waals surface area (Å²) in [5.41, 5.74) is 0. The van der Waals surface area contributed by atoms with E-state index in [9.17, 15) is 8.42 Å². The van der Waals surface area contributed by atoms with Gasteiger partial charge in [0.1, 0.15) is 0 Å². The van der Waals surface area contributed by atoms with Gasteiger partial charge in [-0.2, -0.15) is 17.0 Å². The molecule has 1 aliphatic heterocycles. The van der Waals surface area contributed by atoms with Crippen molar-refractivity contribution < 1.29 is 13.2 Å². The van der Waals surface area contributed by atoms with Gasteiger partial charge in [0.05, 0.1) is 6.61 Å². The van der Waals surface area contributed by atoms with E-state index >= 15 is 0 Å². The summed E-state index contributed by atoms with van der Waals surface area (Å²) in [6.45, 7) is 8.72. The van der Waals surface area contributed by atoms with Crippen LogP contribution in [-0.2, 0) is 14.9 Å². The molecule has 0 radical (unpaired) electrons. The Balaban J connectivity index is 2.52.